The van der Waals surface area contributed by atoms with Crippen molar-refractivity contribution in [2.75, 3.05) is 0 Å². The van der Waals surface area contributed by atoms with Crippen molar-refractivity contribution in [3.05, 3.63) is 35.9 Å². The summed E-state index contributed by atoms with van der Waals surface area (Å²) < 4.78 is 10.3. The zero-order valence-corrected chi connectivity index (χ0v) is 9.54. The van der Waals surface area contributed by atoms with Gasteiger partial charge in [-0.15, -0.1) is 0 Å². The van der Waals surface area contributed by atoms with Crippen LogP contribution in [-0.4, -0.2) is 29.5 Å². The summed E-state index contributed by atoms with van der Waals surface area (Å²) in [4.78, 5) is 21.7. The molecule has 2 unspecified atom stereocenters. The molecule has 1 aromatic rings. The highest BCUT2D eigenvalue weighted by Crippen LogP contribution is 2.17. The third-order valence-electron chi connectivity index (χ3n) is 2.53. The van der Waals surface area contributed by atoms with Crippen LogP contribution >= 0.6 is 0 Å². The third kappa shape index (κ3) is 3.21. The average Bonchev–Trinajstić information content (AvgIpc) is 2.67. The molecule has 1 heterocycles. The predicted molar refractivity (Wildman–Crippen MR) is 60.7 cm³/mol. The molecule has 2 N–H and O–H groups in total. The van der Waals surface area contributed by atoms with Crippen molar-refractivity contribution < 1.29 is 24.2 Å². The van der Waals surface area contributed by atoms with Crippen LogP contribution < -0.4 is 5.32 Å². The molecule has 18 heavy (non-hydrogen) atoms. The van der Waals surface area contributed by atoms with Gasteiger partial charge in [-0.05, 0) is 5.56 Å². The Kier molecular flexibility index (Phi) is 3.78. The first-order valence-corrected chi connectivity index (χ1v) is 5.49. The van der Waals surface area contributed by atoms with Crippen LogP contribution in [0, 0.1) is 0 Å². The Balaban J connectivity index is 1.91. The molecule has 1 fully saturated rings. The van der Waals surface area contributed by atoms with Gasteiger partial charge in [0.1, 0.15) is 6.04 Å². The molecule has 2 atom stereocenters. The normalized spacial score (nSPS) is 22.6. The van der Waals surface area contributed by atoms with E-state index in [1.165, 1.54) is 0 Å². The number of nitrogens with one attached hydrogen (secondary N) is 1. The number of ether oxygens (including phenoxy) is 2. The average molecular weight is 251 g/mol. The molecule has 0 saturated carbocycles. The maximum atomic E-state index is 11.1. The van der Waals surface area contributed by atoms with Crippen LogP contribution in [0.5, 0.6) is 0 Å². The third-order valence-corrected chi connectivity index (χ3v) is 2.53. The molecular formula is C12H13NO5. The summed E-state index contributed by atoms with van der Waals surface area (Å²) in [5.41, 5.74) is 0.925. The minimum absolute atomic E-state index is 0.00818. The highest BCUT2D eigenvalue weighted by atomic mass is 16.7. The summed E-state index contributed by atoms with van der Waals surface area (Å²) in [5.74, 6) is -0.466. The van der Waals surface area contributed by atoms with Crippen LogP contribution in [0.15, 0.2) is 30.3 Å². The van der Waals surface area contributed by atoms with Crippen molar-refractivity contribution >= 4 is 12.1 Å². The van der Waals surface area contributed by atoms with E-state index in [9.17, 15) is 9.59 Å². The van der Waals surface area contributed by atoms with Crippen molar-refractivity contribution in [1.29, 1.82) is 0 Å². The second-order valence-electron chi connectivity index (χ2n) is 3.91. The Bertz CT molecular complexity index is 433. The molecule has 0 aromatic heterocycles. The number of rotatable bonds is 4. The first kappa shape index (κ1) is 12.4. The summed E-state index contributed by atoms with van der Waals surface area (Å²) in [6, 6.07) is 8.71. The Labute approximate surface area is 104 Å². The van der Waals surface area contributed by atoms with E-state index in [1.807, 2.05) is 30.3 Å². The molecule has 0 bridgehead atoms. The molecular weight excluding hydrogens is 238 g/mol. The molecule has 1 saturated heterocycles. The van der Waals surface area contributed by atoms with Gasteiger partial charge >= 0.3 is 12.1 Å². The molecule has 0 aliphatic carbocycles. The maximum absolute atomic E-state index is 11.1. The molecule has 0 spiro atoms. The number of hydrogen-bond donors (Lipinski definition) is 2. The van der Waals surface area contributed by atoms with Gasteiger partial charge in [-0.3, -0.25) is 4.79 Å². The Hall–Kier alpha value is -2.08. The summed E-state index contributed by atoms with van der Waals surface area (Å²) in [6.07, 6.45) is -2.08. The molecule has 1 aromatic carbocycles. The molecule has 96 valence electrons. The van der Waals surface area contributed by atoms with Crippen molar-refractivity contribution in [2.24, 2.45) is 0 Å². The van der Waals surface area contributed by atoms with Crippen LogP contribution in [-0.2, 0) is 20.9 Å². The SMILES string of the molecule is O=C(O)NC1CC(=O)OC1OCc1ccccc1. The van der Waals surface area contributed by atoms with E-state index in [1.54, 1.807) is 0 Å². The zero-order chi connectivity index (χ0) is 13.0. The lowest BCUT2D eigenvalue weighted by Crippen LogP contribution is -2.40. The predicted octanol–water partition coefficient (Wildman–Crippen LogP) is 1.11. The molecule has 2 rings (SSSR count). The van der Waals surface area contributed by atoms with Crippen LogP contribution in [0.4, 0.5) is 4.79 Å². The highest BCUT2D eigenvalue weighted by Gasteiger charge is 2.36. The van der Waals surface area contributed by atoms with Crippen LogP contribution in [0.1, 0.15) is 12.0 Å². The molecule has 0 radical (unpaired) electrons. The Morgan fingerprint density at radius 3 is 2.83 bits per heavy atom. The summed E-state index contributed by atoms with van der Waals surface area (Å²) in [7, 11) is 0. The quantitative estimate of drug-likeness (QED) is 0.783. The number of amides is 1. The molecule has 6 nitrogen and oxygen atoms in total. The van der Waals surface area contributed by atoms with Gasteiger partial charge in [-0.25, -0.2) is 4.79 Å². The fraction of sp³-hybridized carbons (Fsp3) is 0.333. The second-order valence-corrected chi connectivity index (χ2v) is 3.91. The maximum Gasteiger partial charge on any atom is 0.405 e. The fourth-order valence-corrected chi connectivity index (χ4v) is 1.72. The highest BCUT2D eigenvalue weighted by molar-refractivity contribution is 5.74. The number of cyclic esters (lactones) is 1. The lowest BCUT2D eigenvalue weighted by Gasteiger charge is -2.17. The van der Waals surface area contributed by atoms with E-state index >= 15 is 0 Å². The monoisotopic (exact) mass is 251 g/mol. The van der Waals surface area contributed by atoms with E-state index in [2.05, 4.69) is 5.32 Å². The van der Waals surface area contributed by atoms with Gasteiger partial charge in [0.05, 0.1) is 13.0 Å². The Morgan fingerprint density at radius 2 is 2.17 bits per heavy atom. The fourth-order valence-electron chi connectivity index (χ4n) is 1.72. The molecule has 1 amide bonds. The van der Waals surface area contributed by atoms with Crippen LogP contribution in [0.25, 0.3) is 0 Å². The van der Waals surface area contributed by atoms with Gasteiger partial charge in [0.2, 0.25) is 6.29 Å². The van der Waals surface area contributed by atoms with Crippen molar-refractivity contribution in [1.82, 2.24) is 5.32 Å². The van der Waals surface area contributed by atoms with Crippen LogP contribution in [0.3, 0.4) is 0 Å². The van der Waals surface area contributed by atoms with Gasteiger partial charge < -0.3 is 19.9 Å². The number of carboxylic acid groups (broad SMARTS) is 1. The number of carbonyl (C=O) groups excluding carboxylic acids is 1. The lowest BCUT2D eigenvalue weighted by molar-refractivity contribution is -0.167. The van der Waals surface area contributed by atoms with Gasteiger partial charge in [0.25, 0.3) is 0 Å². The van der Waals surface area contributed by atoms with Crippen molar-refractivity contribution in [3.63, 3.8) is 0 Å². The van der Waals surface area contributed by atoms with Crippen molar-refractivity contribution in [3.8, 4) is 0 Å². The molecule has 1 aliphatic rings. The minimum atomic E-state index is -1.20. The summed E-state index contributed by atoms with van der Waals surface area (Å²) in [5, 5.41) is 10.8. The van der Waals surface area contributed by atoms with Gasteiger partial charge in [0.15, 0.2) is 0 Å². The lowest BCUT2D eigenvalue weighted by atomic mass is 10.2. The van der Waals surface area contributed by atoms with Gasteiger partial charge in [-0.2, -0.15) is 0 Å². The largest absolute Gasteiger partial charge is 0.465 e. The Morgan fingerprint density at radius 1 is 1.44 bits per heavy atom. The molecule has 6 heteroatoms. The number of benzene rings is 1. The zero-order valence-electron chi connectivity index (χ0n) is 9.54. The number of esters is 1. The van der Waals surface area contributed by atoms with E-state index in [-0.39, 0.29) is 13.0 Å². The minimum Gasteiger partial charge on any atom is -0.465 e. The van der Waals surface area contributed by atoms with E-state index in [4.69, 9.17) is 14.6 Å². The van der Waals surface area contributed by atoms with E-state index in [0.717, 1.165) is 5.56 Å². The summed E-state index contributed by atoms with van der Waals surface area (Å²) >= 11 is 0. The van der Waals surface area contributed by atoms with E-state index in [0.29, 0.717) is 0 Å². The van der Waals surface area contributed by atoms with E-state index < -0.39 is 24.4 Å². The molecule has 1 aliphatic heterocycles. The van der Waals surface area contributed by atoms with Crippen molar-refractivity contribution in [2.45, 2.75) is 25.4 Å². The smallest absolute Gasteiger partial charge is 0.405 e. The van der Waals surface area contributed by atoms with Gasteiger partial charge in [0, 0.05) is 0 Å². The first-order chi connectivity index (χ1) is 8.65. The van der Waals surface area contributed by atoms with Gasteiger partial charge in [-0.1, -0.05) is 30.3 Å². The standard InChI is InChI=1S/C12H13NO5/c14-10-6-9(13-12(15)16)11(18-10)17-7-8-4-2-1-3-5-8/h1-5,9,11,13H,6-7H2,(H,15,16). The number of carbonyl (C=O) groups is 2. The first-order valence-electron chi connectivity index (χ1n) is 5.49. The van der Waals surface area contributed by atoms with Crippen LogP contribution in [0.2, 0.25) is 0 Å². The second kappa shape index (κ2) is 5.50. The summed E-state index contributed by atoms with van der Waals surface area (Å²) in [6.45, 7) is 0.261. The topological polar surface area (TPSA) is 84.9 Å². The number of hydrogen-bond acceptors (Lipinski definition) is 4.